The van der Waals surface area contributed by atoms with Crippen molar-refractivity contribution in [1.82, 2.24) is 45.8 Å². The second kappa shape index (κ2) is 17.9. The van der Waals surface area contributed by atoms with Crippen molar-refractivity contribution in [3.8, 4) is 0 Å². The molecule has 1 unspecified atom stereocenters. The van der Waals surface area contributed by atoms with Gasteiger partial charge in [0, 0.05) is 66.6 Å². The molecular weight excluding hydrogens is 739 g/mol. The Morgan fingerprint density at radius 3 is 2.71 bits per heavy atom. The van der Waals surface area contributed by atoms with Gasteiger partial charge in [0.2, 0.25) is 23.6 Å². The van der Waals surface area contributed by atoms with Crippen LogP contribution in [0, 0.1) is 5.41 Å². The molecular formula is C38H45N11O6S. The Morgan fingerprint density at radius 2 is 1.89 bits per heavy atom. The second-order valence-corrected chi connectivity index (χ2v) is 15.1. The fourth-order valence-corrected chi connectivity index (χ4v) is 8.04. The maximum absolute atomic E-state index is 13.7. The van der Waals surface area contributed by atoms with Gasteiger partial charge in [-0.3, -0.25) is 34.0 Å². The lowest BCUT2D eigenvalue weighted by molar-refractivity contribution is -0.137. The number of hydrogen-bond acceptors (Lipinski definition) is 13. The molecule has 1 saturated heterocycles. The number of carbonyl (C=O) groups excluding carboxylic acids is 5. The van der Waals surface area contributed by atoms with E-state index in [0.29, 0.717) is 61.0 Å². The summed E-state index contributed by atoms with van der Waals surface area (Å²) in [4.78, 5) is 73.9. The maximum atomic E-state index is 13.7. The highest BCUT2D eigenvalue weighted by molar-refractivity contribution is 7.13. The van der Waals surface area contributed by atoms with Gasteiger partial charge in [0.1, 0.15) is 24.2 Å². The molecule has 2 fully saturated rings. The summed E-state index contributed by atoms with van der Waals surface area (Å²) < 4.78 is 7.28. The zero-order chi connectivity index (χ0) is 38.9. The van der Waals surface area contributed by atoms with Gasteiger partial charge in [-0.25, -0.2) is 9.97 Å². The van der Waals surface area contributed by atoms with Crippen LogP contribution < -0.4 is 26.6 Å². The van der Waals surface area contributed by atoms with Gasteiger partial charge in [0.15, 0.2) is 5.13 Å². The number of fused-ring (bicyclic) bond motifs is 1. The van der Waals surface area contributed by atoms with E-state index in [9.17, 15) is 24.0 Å². The Labute approximate surface area is 327 Å². The Hall–Kier alpha value is -5.59. The monoisotopic (exact) mass is 783 g/mol. The normalized spacial score (nSPS) is 17.7. The zero-order valence-corrected chi connectivity index (χ0v) is 31.7. The quantitative estimate of drug-likeness (QED) is 0.0773. The molecule has 7 rings (SSSR count). The zero-order valence-electron chi connectivity index (χ0n) is 30.9. The largest absolute Gasteiger partial charge is 0.370 e. The van der Waals surface area contributed by atoms with Crippen molar-refractivity contribution >= 4 is 57.5 Å². The lowest BCUT2D eigenvalue weighted by Crippen LogP contribution is -2.52. The molecule has 5 heterocycles. The first-order chi connectivity index (χ1) is 27.3. The Kier molecular flexibility index (Phi) is 12.4. The van der Waals surface area contributed by atoms with E-state index in [4.69, 9.17) is 9.72 Å². The van der Waals surface area contributed by atoms with Crippen LogP contribution in [0.15, 0.2) is 54.2 Å². The van der Waals surface area contributed by atoms with E-state index in [2.05, 4.69) is 41.9 Å². The highest BCUT2D eigenvalue weighted by Crippen LogP contribution is 2.40. The van der Waals surface area contributed by atoms with Gasteiger partial charge < -0.3 is 30.9 Å². The summed E-state index contributed by atoms with van der Waals surface area (Å²) in [6.45, 7) is 2.20. The number of rotatable bonds is 17. The molecule has 3 aliphatic rings. The number of ether oxygens (including phenoxy) is 1. The molecule has 1 aliphatic carbocycles. The summed E-state index contributed by atoms with van der Waals surface area (Å²) in [5, 5.41) is 25.9. The number of benzene rings is 1. The predicted molar refractivity (Wildman–Crippen MR) is 206 cm³/mol. The number of pyridine rings is 1. The summed E-state index contributed by atoms with van der Waals surface area (Å²) in [5.74, 6) is -0.787. The minimum atomic E-state index is -0.734. The Morgan fingerprint density at radius 1 is 1.04 bits per heavy atom. The van der Waals surface area contributed by atoms with Gasteiger partial charge in [-0.1, -0.05) is 36.6 Å². The van der Waals surface area contributed by atoms with Crippen LogP contribution in [-0.4, -0.2) is 91.7 Å². The average molecular weight is 784 g/mol. The first-order valence-electron chi connectivity index (χ1n) is 18.9. The molecule has 0 bridgehead atoms. The highest BCUT2D eigenvalue weighted by Gasteiger charge is 2.41. The summed E-state index contributed by atoms with van der Waals surface area (Å²) in [5.41, 5.74) is 2.53. The number of thiazole rings is 1. The Balaban J connectivity index is 0.803. The van der Waals surface area contributed by atoms with Crippen LogP contribution in [-0.2, 0) is 50.0 Å². The lowest BCUT2D eigenvalue weighted by atomic mass is 9.70. The number of nitrogens with one attached hydrogen (secondary N) is 5. The van der Waals surface area contributed by atoms with Crippen molar-refractivity contribution in [3.05, 3.63) is 76.7 Å². The SMILES string of the molecule is O=C1CCC(N2Cc3c(NC(=O)COCCNCCn4cc(CNC(=O)C5(Cc6cccc(Nc7nccs7)n6)CCCCC5)nn4)cccc3C2=O)C(=O)N1. The van der Waals surface area contributed by atoms with Crippen LogP contribution in [0.4, 0.5) is 16.6 Å². The van der Waals surface area contributed by atoms with Crippen LogP contribution in [0.25, 0.3) is 0 Å². The van der Waals surface area contributed by atoms with Crippen LogP contribution in [0.1, 0.15) is 72.3 Å². The van der Waals surface area contributed by atoms with E-state index in [-0.39, 0.29) is 56.2 Å². The van der Waals surface area contributed by atoms with Crippen LogP contribution in [0.3, 0.4) is 0 Å². The second-order valence-electron chi connectivity index (χ2n) is 14.2. The van der Waals surface area contributed by atoms with Crippen LogP contribution in [0.5, 0.6) is 0 Å². The van der Waals surface area contributed by atoms with Crippen LogP contribution in [0.2, 0.25) is 0 Å². The number of piperidine rings is 1. The maximum Gasteiger partial charge on any atom is 0.255 e. The van der Waals surface area contributed by atoms with Crippen molar-refractivity contribution in [1.29, 1.82) is 0 Å². The van der Waals surface area contributed by atoms with E-state index in [1.165, 1.54) is 16.2 Å². The fraction of sp³-hybridized carbons (Fsp3) is 0.447. The molecule has 4 aromatic rings. The first-order valence-corrected chi connectivity index (χ1v) is 19.8. The molecule has 1 aromatic carbocycles. The van der Waals surface area contributed by atoms with E-state index >= 15 is 0 Å². The molecule has 5 N–H and O–H groups in total. The number of imide groups is 1. The van der Waals surface area contributed by atoms with E-state index in [0.717, 1.165) is 42.9 Å². The smallest absolute Gasteiger partial charge is 0.255 e. The third kappa shape index (κ3) is 9.43. The van der Waals surface area contributed by atoms with Gasteiger partial charge in [-0.15, -0.1) is 16.4 Å². The van der Waals surface area contributed by atoms with Crippen molar-refractivity contribution < 1.29 is 28.7 Å². The first kappa shape index (κ1) is 38.7. The van der Waals surface area contributed by atoms with E-state index in [1.807, 2.05) is 29.8 Å². The topological polar surface area (TPSA) is 214 Å². The summed E-state index contributed by atoms with van der Waals surface area (Å²) in [6, 6.07) is 10.1. The summed E-state index contributed by atoms with van der Waals surface area (Å²) in [7, 11) is 0. The number of anilines is 3. The molecule has 5 amide bonds. The van der Waals surface area contributed by atoms with Gasteiger partial charge >= 0.3 is 0 Å². The number of aromatic nitrogens is 5. The number of amides is 5. The third-order valence-corrected chi connectivity index (χ3v) is 11.0. The molecule has 294 valence electrons. The fourth-order valence-electron chi connectivity index (χ4n) is 7.51. The van der Waals surface area contributed by atoms with E-state index in [1.54, 1.807) is 29.1 Å². The minimum absolute atomic E-state index is 0.0152. The Bertz CT molecular complexity index is 2050. The van der Waals surface area contributed by atoms with Crippen LogP contribution >= 0.6 is 11.3 Å². The van der Waals surface area contributed by atoms with Crippen molar-refractivity contribution in [2.75, 3.05) is 36.9 Å². The molecule has 0 spiro atoms. The van der Waals surface area contributed by atoms with Gasteiger partial charge in [0.25, 0.3) is 5.91 Å². The molecule has 0 radical (unpaired) electrons. The summed E-state index contributed by atoms with van der Waals surface area (Å²) >= 11 is 1.50. The molecule has 1 atom stereocenters. The molecule has 2 aliphatic heterocycles. The van der Waals surface area contributed by atoms with Crippen molar-refractivity contribution in [2.45, 2.75) is 77.0 Å². The number of hydrogen-bond donors (Lipinski definition) is 5. The van der Waals surface area contributed by atoms with Crippen molar-refractivity contribution in [2.24, 2.45) is 5.41 Å². The molecule has 1 saturated carbocycles. The standard InChI is InChI=1S/C38H45N11O6S/c50-32-11-10-30(34(52)45-32)49-23-28-27(35(49)53)7-5-8-29(28)43-33(51)24-55-18-15-39-14-17-48-22-26(46-47-48)21-41-36(54)38(12-2-1-3-13-38)20-25-6-4-9-31(42-25)44-37-40-16-19-56-37/h4-9,16,19,22,30,39H,1-3,10-15,17-18,20-21,23-24H2,(H,41,54)(H,43,51)(H,40,42,44)(H,45,50,52). The lowest BCUT2D eigenvalue weighted by Gasteiger charge is -2.35. The molecule has 18 heteroatoms. The average Bonchev–Trinajstić information content (AvgIpc) is 3.96. The van der Waals surface area contributed by atoms with Gasteiger partial charge in [-0.05, 0) is 43.5 Å². The van der Waals surface area contributed by atoms with Crippen molar-refractivity contribution in [3.63, 3.8) is 0 Å². The number of carbonyl (C=O) groups is 5. The third-order valence-electron chi connectivity index (χ3n) is 10.3. The molecule has 3 aromatic heterocycles. The molecule has 17 nitrogen and oxygen atoms in total. The predicted octanol–water partition coefficient (Wildman–Crippen LogP) is 2.69. The summed E-state index contributed by atoms with van der Waals surface area (Å²) in [6.07, 6.45) is 9.28. The minimum Gasteiger partial charge on any atom is -0.370 e. The van der Waals surface area contributed by atoms with E-state index < -0.39 is 17.4 Å². The van der Waals surface area contributed by atoms with Gasteiger partial charge in [0.05, 0.1) is 31.3 Å². The van der Waals surface area contributed by atoms with Gasteiger partial charge in [-0.2, -0.15) is 0 Å². The number of nitrogens with zero attached hydrogens (tertiary/aromatic N) is 6. The highest BCUT2D eigenvalue weighted by atomic mass is 32.1. The molecule has 56 heavy (non-hydrogen) atoms.